The summed E-state index contributed by atoms with van der Waals surface area (Å²) in [5.41, 5.74) is 0.924. The molecule has 4 aromatic rings. The van der Waals surface area contributed by atoms with Crippen LogP contribution in [0.15, 0.2) is 60.7 Å². The highest BCUT2D eigenvalue weighted by Gasteiger charge is 2.50. The molecule has 2 aliphatic heterocycles. The van der Waals surface area contributed by atoms with E-state index in [0.29, 0.717) is 29.7 Å². The first-order valence-electron chi connectivity index (χ1n) is 14.6. The Balaban J connectivity index is 1.17. The lowest BCUT2D eigenvalue weighted by Gasteiger charge is -2.22. The monoisotopic (exact) mass is 624 g/mol. The van der Waals surface area contributed by atoms with E-state index < -0.39 is 36.1 Å². The van der Waals surface area contributed by atoms with Crippen molar-refractivity contribution in [3.8, 4) is 17.2 Å². The maximum atomic E-state index is 15.6. The second-order valence-electron chi connectivity index (χ2n) is 12.2. The van der Waals surface area contributed by atoms with Crippen molar-refractivity contribution >= 4 is 22.5 Å². The van der Waals surface area contributed by atoms with Gasteiger partial charge in [0.25, 0.3) is 0 Å². The lowest BCUT2D eigenvalue weighted by atomic mass is 9.83. The van der Waals surface area contributed by atoms with Gasteiger partial charge in [-0.2, -0.15) is 0 Å². The van der Waals surface area contributed by atoms with Gasteiger partial charge in [-0.3, -0.25) is 4.79 Å². The zero-order chi connectivity index (χ0) is 31.6. The first-order valence-corrected chi connectivity index (χ1v) is 14.6. The third-order valence-electron chi connectivity index (χ3n) is 8.84. The Morgan fingerprint density at radius 2 is 1.80 bits per heavy atom. The summed E-state index contributed by atoms with van der Waals surface area (Å²) in [6, 6.07) is 17.0. The number of aromatic nitrogens is 1. The Morgan fingerprint density at radius 3 is 2.51 bits per heavy atom. The normalized spacial score (nSPS) is 20.9. The van der Waals surface area contributed by atoms with Crippen LogP contribution in [0.5, 0.6) is 17.2 Å². The van der Waals surface area contributed by atoms with Gasteiger partial charge in [0, 0.05) is 34.2 Å². The number of alkyl halides is 2. The highest BCUT2D eigenvalue weighted by atomic mass is 19.3. The Labute approximate surface area is 256 Å². The SMILES string of the molecule is CC1(C(=O)Nc2cc3cc(C4(COCc5ccccc5)CC4)n(C[C@@H](O)CO)c3cc2F)COc2cc3c(cc21)OC(F)(F)O3. The summed E-state index contributed by atoms with van der Waals surface area (Å²) in [5, 5.41) is 23.2. The molecule has 3 aromatic carbocycles. The molecule has 7 rings (SSSR count). The number of anilines is 1. The number of carbonyl (C=O) groups is 1. The van der Waals surface area contributed by atoms with Crippen molar-refractivity contribution in [3.63, 3.8) is 0 Å². The van der Waals surface area contributed by atoms with Crippen LogP contribution >= 0.6 is 0 Å². The smallest absolute Gasteiger partial charge is 0.492 e. The number of amides is 1. The molecule has 1 fully saturated rings. The van der Waals surface area contributed by atoms with E-state index in [0.717, 1.165) is 24.1 Å². The van der Waals surface area contributed by atoms with Gasteiger partial charge < -0.3 is 39.0 Å². The van der Waals surface area contributed by atoms with Crippen molar-refractivity contribution in [2.45, 2.75) is 56.1 Å². The third-order valence-corrected chi connectivity index (χ3v) is 8.84. The molecule has 2 atom stereocenters. The number of aliphatic hydroxyl groups excluding tert-OH is 2. The predicted molar refractivity (Wildman–Crippen MR) is 156 cm³/mol. The molecule has 9 nitrogen and oxygen atoms in total. The summed E-state index contributed by atoms with van der Waals surface area (Å²) < 4.78 is 65.5. The summed E-state index contributed by atoms with van der Waals surface area (Å²) in [7, 11) is 0. The maximum Gasteiger partial charge on any atom is 0.586 e. The van der Waals surface area contributed by atoms with E-state index in [2.05, 4.69) is 14.8 Å². The molecule has 45 heavy (non-hydrogen) atoms. The zero-order valence-electron chi connectivity index (χ0n) is 24.3. The number of hydrogen-bond donors (Lipinski definition) is 3. The molecule has 0 spiro atoms. The minimum absolute atomic E-state index is 0.0439. The lowest BCUT2D eigenvalue weighted by Crippen LogP contribution is -2.39. The van der Waals surface area contributed by atoms with Crippen LogP contribution in [0.1, 0.15) is 36.6 Å². The van der Waals surface area contributed by atoms with Crippen molar-refractivity contribution < 1.29 is 47.1 Å². The summed E-state index contributed by atoms with van der Waals surface area (Å²) in [6.45, 7) is 1.89. The quantitative estimate of drug-likeness (QED) is 0.228. The fourth-order valence-electron chi connectivity index (χ4n) is 6.12. The van der Waals surface area contributed by atoms with Crippen LogP contribution in [0.4, 0.5) is 18.9 Å². The minimum atomic E-state index is -3.83. The van der Waals surface area contributed by atoms with Gasteiger partial charge in [0.2, 0.25) is 5.91 Å². The van der Waals surface area contributed by atoms with Crippen LogP contribution in [0.25, 0.3) is 10.9 Å². The summed E-state index contributed by atoms with van der Waals surface area (Å²) in [6.07, 6.45) is -3.23. The number of fused-ring (bicyclic) bond motifs is 3. The number of halogens is 3. The van der Waals surface area contributed by atoms with Gasteiger partial charge in [0.05, 0.1) is 43.7 Å². The predicted octanol–water partition coefficient (Wildman–Crippen LogP) is 4.99. The number of ether oxygens (including phenoxy) is 4. The highest BCUT2D eigenvalue weighted by Crippen LogP contribution is 2.51. The second-order valence-corrected chi connectivity index (χ2v) is 12.2. The summed E-state index contributed by atoms with van der Waals surface area (Å²) in [5.74, 6) is -1.55. The Bertz CT molecular complexity index is 1790. The number of hydrogen-bond acceptors (Lipinski definition) is 7. The number of nitrogens with zero attached hydrogens (tertiary/aromatic N) is 1. The Hall–Kier alpha value is -4.26. The molecule has 0 bridgehead atoms. The van der Waals surface area contributed by atoms with Crippen LogP contribution in [0.2, 0.25) is 0 Å². The number of aliphatic hydroxyl groups is 2. The van der Waals surface area contributed by atoms with Gasteiger partial charge in [-0.1, -0.05) is 30.3 Å². The summed E-state index contributed by atoms with van der Waals surface area (Å²) in [4.78, 5) is 13.6. The maximum absolute atomic E-state index is 15.6. The summed E-state index contributed by atoms with van der Waals surface area (Å²) >= 11 is 0. The Morgan fingerprint density at radius 1 is 1.07 bits per heavy atom. The van der Waals surface area contributed by atoms with Crippen molar-refractivity contribution in [2.24, 2.45) is 0 Å². The van der Waals surface area contributed by atoms with Crippen molar-refractivity contribution in [3.05, 3.63) is 83.3 Å². The molecule has 3 heterocycles. The molecule has 236 valence electrons. The third kappa shape index (κ3) is 5.26. The van der Waals surface area contributed by atoms with Crippen LogP contribution in [-0.2, 0) is 33.5 Å². The van der Waals surface area contributed by atoms with Crippen molar-refractivity contribution in [1.82, 2.24) is 4.57 Å². The fraction of sp³-hybridized carbons (Fsp3) is 0.364. The van der Waals surface area contributed by atoms with Gasteiger partial charge in [-0.15, -0.1) is 8.78 Å². The first-order chi connectivity index (χ1) is 21.5. The van der Waals surface area contributed by atoms with E-state index in [-0.39, 0.29) is 41.5 Å². The molecule has 1 aromatic heterocycles. The van der Waals surface area contributed by atoms with E-state index in [4.69, 9.17) is 9.47 Å². The molecule has 1 amide bonds. The molecule has 3 aliphatic rings. The van der Waals surface area contributed by atoms with Crippen LogP contribution < -0.4 is 19.5 Å². The average Bonchev–Trinajstić information content (AvgIpc) is 3.48. The highest BCUT2D eigenvalue weighted by molar-refractivity contribution is 6.01. The average molecular weight is 625 g/mol. The van der Waals surface area contributed by atoms with Crippen LogP contribution in [-0.4, -0.2) is 52.9 Å². The van der Waals surface area contributed by atoms with E-state index in [9.17, 15) is 23.8 Å². The molecular weight excluding hydrogens is 593 g/mol. The minimum Gasteiger partial charge on any atom is -0.492 e. The van der Waals surface area contributed by atoms with Crippen molar-refractivity contribution in [1.29, 1.82) is 0 Å². The van der Waals surface area contributed by atoms with Gasteiger partial charge in [-0.25, -0.2) is 4.39 Å². The van der Waals surface area contributed by atoms with Gasteiger partial charge >= 0.3 is 6.29 Å². The number of carbonyl (C=O) groups excluding carboxylic acids is 1. The number of benzene rings is 3. The molecule has 1 saturated carbocycles. The molecule has 0 radical (unpaired) electrons. The van der Waals surface area contributed by atoms with Gasteiger partial charge in [-0.05, 0) is 43.5 Å². The van der Waals surface area contributed by atoms with Gasteiger partial charge in [0.15, 0.2) is 11.5 Å². The van der Waals surface area contributed by atoms with E-state index in [1.54, 1.807) is 6.92 Å². The number of nitrogens with one attached hydrogen (secondary N) is 1. The van der Waals surface area contributed by atoms with E-state index in [1.165, 1.54) is 24.3 Å². The number of rotatable bonds is 10. The lowest BCUT2D eigenvalue weighted by molar-refractivity contribution is -0.286. The second kappa shape index (κ2) is 10.7. The van der Waals surface area contributed by atoms with Crippen molar-refractivity contribution in [2.75, 3.05) is 25.1 Å². The molecule has 1 aliphatic carbocycles. The first kappa shape index (κ1) is 29.5. The van der Waals surface area contributed by atoms with E-state index >= 15 is 4.39 Å². The molecular formula is C33H31F3N2O7. The molecule has 1 unspecified atom stereocenters. The molecule has 0 saturated heterocycles. The van der Waals surface area contributed by atoms with Gasteiger partial charge in [0.1, 0.15) is 23.6 Å². The zero-order valence-corrected chi connectivity index (χ0v) is 24.3. The fourth-order valence-corrected chi connectivity index (χ4v) is 6.12. The van der Waals surface area contributed by atoms with Crippen LogP contribution in [0.3, 0.4) is 0 Å². The largest absolute Gasteiger partial charge is 0.586 e. The molecule has 12 heteroatoms. The topological polar surface area (TPSA) is 111 Å². The Kier molecular flexibility index (Phi) is 6.99. The van der Waals surface area contributed by atoms with E-state index in [1.807, 2.05) is 41.0 Å². The standard InChI is InChI=1S/C33H31F3N2O7/c1-31(17-43-26-13-28-27(11-22(26)31)44-33(35,36)45-28)30(41)37-24-9-20-10-29(38(14-21(40)15-39)25(20)12-23(24)34)32(7-8-32)18-42-16-19-5-3-2-4-6-19/h2-6,9-13,21,39-40H,7-8,14-18H2,1H3,(H,37,41)/t21-,31?/m1/s1. The molecule has 3 N–H and O–H groups in total. The van der Waals surface area contributed by atoms with Crippen LogP contribution in [0, 0.1) is 5.82 Å².